The molecule has 0 aliphatic carbocycles. The van der Waals surface area contributed by atoms with Crippen molar-refractivity contribution in [2.45, 2.75) is 50.2 Å². The average Bonchev–Trinajstić information content (AvgIpc) is 3.36. The van der Waals surface area contributed by atoms with Crippen LogP contribution in [0.4, 0.5) is 9.80 Å². The van der Waals surface area contributed by atoms with Gasteiger partial charge in [0.1, 0.15) is 5.75 Å². The van der Waals surface area contributed by atoms with Crippen molar-refractivity contribution < 1.29 is 28.2 Å². The number of aromatic nitrogens is 1. The Labute approximate surface area is 234 Å². The standard InChI is InChI=1S/C30H35FN2O6Si/c1-19-27(40(4,5)31)25(14-16-34)39-30(19)23-17-22(37-2)12-13-24(23)33(29(30)36)18-20-8-10-21(11-9-20)32-15-6-7-26(38-3)28(32)35/h6-13,15,17,19,25,27,34H,14,16,18H2,1-5H3/t19-,25+,27-,30+/m0/s1. The number of anilines is 1. The third-order valence-corrected chi connectivity index (χ3v) is 10.7. The lowest BCUT2D eigenvalue weighted by Crippen LogP contribution is -2.45. The molecule has 1 saturated heterocycles. The number of amides is 1. The van der Waals surface area contributed by atoms with Crippen molar-refractivity contribution in [3.8, 4) is 17.2 Å². The Kier molecular flexibility index (Phi) is 7.36. The highest BCUT2D eigenvalue weighted by Crippen LogP contribution is 2.60. The highest BCUT2D eigenvalue weighted by molar-refractivity contribution is 6.72. The van der Waals surface area contributed by atoms with Crippen LogP contribution in [-0.4, -0.2) is 50.9 Å². The number of nitrogens with zero attached hydrogens (tertiary/aromatic N) is 2. The van der Waals surface area contributed by atoms with Crippen LogP contribution in [0.15, 0.2) is 65.6 Å². The molecule has 212 valence electrons. The van der Waals surface area contributed by atoms with E-state index in [4.69, 9.17) is 14.2 Å². The summed E-state index contributed by atoms with van der Waals surface area (Å²) >= 11 is 0. The molecule has 2 aliphatic rings. The molecule has 0 radical (unpaired) electrons. The number of hydrogen-bond acceptors (Lipinski definition) is 6. The lowest BCUT2D eigenvalue weighted by molar-refractivity contribution is -0.146. The van der Waals surface area contributed by atoms with E-state index in [0.717, 1.165) is 5.56 Å². The summed E-state index contributed by atoms with van der Waals surface area (Å²) in [6, 6.07) is 16.2. The number of benzene rings is 2. The molecule has 40 heavy (non-hydrogen) atoms. The predicted molar refractivity (Wildman–Crippen MR) is 153 cm³/mol. The molecule has 2 aromatic carbocycles. The monoisotopic (exact) mass is 566 g/mol. The zero-order valence-corrected chi connectivity index (χ0v) is 24.4. The first-order valence-corrected chi connectivity index (χ1v) is 16.4. The molecule has 3 aromatic rings. The average molecular weight is 567 g/mol. The van der Waals surface area contributed by atoms with Crippen LogP contribution in [0.2, 0.25) is 18.6 Å². The third-order valence-electron chi connectivity index (χ3n) is 8.27. The number of ether oxygens (including phenoxy) is 3. The Morgan fingerprint density at radius 2 is 1.80 bits per heavy atom. The molecule has 1 spiro atoms. The van der Waals surface area contributed by atoms with E-state index < -0.39 is 31.6 Å². The summed E-state index contributed by atoms with van der Waals surface area (Å²) in [5.74, 6) is 0.131. The number of aliphatic hydroxyl groups is 1. The van der Waals surface area contributed by atoms with Gasteiger partial charge in [-0.2, -0.15) is 0 Å². The molecule has 1 aromatic heterocycles. The fourth-order valence-electron chi connectivity index (χ4n) is 6.48. The van der Waals surface area contributed by atoms with Gasteiger partial charge in [0.15, 0.2) is 11.4 Å². The zero-order chi connectivity index (χ0) is 28.8. The van der Waals surface area contributed by atoms with Gasteiger partial charge in [0.05, 0.1) is 32.6 Å². The maximum atomic E-state index is 15.7. The molecule has 1 fully saturated rings. The van der Waals surface area contributed by atoms with Gasteiger partial charge in [-0.1, -0.05) is 19.1 Å². The fourth-order valence-corrected chi connectivity index (χ4v) is 9.03. The van der Waals surface area contributed by atoms with Gasteiger partial charge in [-0.05, 0) is 67.5 Å². The van der Waals surface area contributed by atoms with Crippen LogP contribution in [0.1, 0.15) is 24.5 Å². The Hall–Kier alpha value is -3.47. The maximum absolute atomic E-state index is 15.7. The normalized spacial score (nSPS) is 24.0. The number of aliphatic hydroxyl groups excluding tert-OH is 1. The number of methoxy groups -OCH3 is 2. The van der Waals surface area contributed by atoms with E-state index in [9.17, 15) is 14.7 Å². The van der Waals surface area contributed by atoms with Crippen LogP contribution in [0.3, 0.4) is 0 Å². The molecule has 0 bridgehead atoms. The molecule has 1 N–H and O–H groups in total. The number of rotatable bonds is 8. The summed E-state index contributed by atoms with van der Waals surface area (Å²) in [6.07, 6.45) is 1.36. The Bertz CT molecular complexity index is 1470. The van der Waals surface area contributed by atoms with E-state index >= 15 is 4.11 Å². The van der Waals surface area contributed by atoms with Crippen molar-refractivity contribution in [2.24, 2.45) is 5.92 Å². The minimum atomic E-state index is -3.28. The summed E-state index contributed by atoms with van der Waals surface area (Å²) < 4.78 is 34.4. The molecule has 5 rings (SSSR count). The van der Waals surface area contributed by atoms with Gasteiger partial charge in [0.25, 0.3) is 11.5 Å². The van der Waals surface area contributed by atoms with Crippen molar-refractivity contribution in [3.05, 3.63) is 82.3 Å². The van der Waals surface area contributed by atoms with Crippen molar-refractivity contribution in [2.75, 3.05) is 25.7 Å². The lowest BCUT2D eigenvalue weighted by Gasteiger charge is -2.31. The highest BCUT2D eigenvalue weighted by Gasteiger charge is 2.66. The number of pyridine rings is 1. The predicted octanol–water partition coefficient (Wildman–Crippen LogP) is 4.56. The molecule has 2 aliphatic heterocycles. The van der Waals surface area contributed by atoms with Crippen LogP contribution in [0.5, 0.6) is 11.5 Å². The van der Waals surface area contributed by atoms with Crippen LogP contribution < -0.4 is 19.9 Å². The quantitative estimate of drug-likeness (QED) is 0.318. The van der Waals surface area contributed by atoms with Gasteiger partial charge in [0.2, 0.25) is 8.41 Å². The van der Waals surface area contributed by atoms with Crippen LogP contribution >= 0.6 is 0 Å². The Balaban J connectivity index is 1.53. The minimum absolute atomic E-state index is 0.153. The first-order chi connectivity index (χ1) is 19.1. The number of fused-ring (bicyclic) bond motifs is 2. The highest BCUT2D eigenvalue weighted by atomic mass is 28.4. The Morgan fingerprint density at radius 3 is 2.42 bits per heavy atom. The molecule has 10 heteroatoms. The van der Waals surface area contributed by atoms with Crippen LogP contribution in [0.25, 0.3) is 5.69 Å². The number of halogens is 1. The molecule has 4 atom stereocenters. The van der Waals surface area contributed by atoms with Gasteiger partial charge in [-0.15, -0.1) is 0 Å². The number of carbonyl (C=O) groups is 1. The summed E-state index contributed by atoms with van der Waals surface area (Å²) in [5.41, 5.74) is 0.748. The maximum Gasteiger partial charge on any atom is 0.297 e. The van der Waals surface area contributed by atoms with E-state index in [1.54, 1.807) is 49.5 Å². The molecule has 0 saturated carbocycles. The molecule has 1 amide bonds. The zero-order valence-electron chi connectivity index (χ0n) is 23.4. The lowest BCUT2D eigenvalue weighted by atomic mass is 9.82. The molecular formula is C30H35FN2O6Si. The fraction of sp³-hybridized carbons (Fsp3) is 0.400. The SMILES string of the molecule is COc1ccc2c(c1)[C@@]1(O[C@H](CCO)[C@@H]([Si](C)(C)F)[C@@H]1C)C(=O)N2Cc1ccc(-n2cccc(OC)c2=O)cc1. The van der Waals surface area contributed by atoms with E-state index in [-0.39, 0.29) is 36.8 Å². The topological polar surface area (TPSA) is 90.2 Å². The number of carbonyl (C=O) groups excluding carboxylic acids is 1. The van der Waals surface area contributed by atoms with E-state index in [2.05, 4.69) is 0 Å². The van der Waals surface area contributed by atoms with E-state index in [1.807, 2.05) is 43.3 Å². The van der Waals surface area contributed by atoms with Crippen molar-refractivity contribution >= 4 is 20.0 Å². The molecule has 8 nitrogen and oxygen atoms in total. The Morgan fingerprint density at radius 1 is 1.07 bits per heavy atom. The second-order valence-electron chi connectivity index (χ2n) is 11.0. The van der Waals surface area contributed by atoms with Gasteiger partial charge < -0.3 is 28.3 Å². The van der Waals surface area contributed by atoms with Crippen LogP contribution in [-0.2, 0) is 21.7 Å². The minimum Gasteiger partial charge on any atom is -0.497 e. The number of hydrogen-bond donors (Lipinski definition) is 1. The van der Waals surface area contributed by atoms with Crippen molar-refractivity contribution in [1.29, 1.82) is 0 Å². The molecule has 3 heterocycles. The summed E-state index contributed by atoms with van der Waals surface area (Å²) in [7, 11) is -0.258. The first kappa shape index (κ1) is 28.1. The van der Waals surface area contributed by atoms with E-state index in [0.29, 0.717) is 22.7 Å². The summed E-state index contributed by atoms with van der Waals surface area (Å²) in [6.45, 7) is 5.27. The van der Waals surface area contributed by atoms with Gasteiger partial charge in [-0.25, -0.2) is 0 Å². The van der Waals surface area contributed by atoms with E-state index in [1.165, 1.54) is 11.7 Å². The second kappa shape index (κ2) is 10.5. The third kappa shape index (κ3) is 4.44. The van der Waals surface area contributed by atoms with Gasteiger partial charge in [-0.3, -0.25) is 14.2 Å². The van der Waals surface area contributed by atoms with Gasteiger partial charge in [0, 0.05) is 35.5 Å². The molecule has 0 unspecified atom stereocenters. The first-order valence-electron chi connectivity index (χ1n) is 13.4. The van der Waals surface area contributed by atoms with Crippen LogP contribution in [0, 0.1) is 5.92 Å². The summed E-state index contributed by atoms with van der Waals surface area (Å²) in [4.78, 5) is 28.7. The largest absolute Gasteiger partial charge is 0.497 e. The smallest absolute Gasteiger partial charge is 0.297 e. The molecular weight excluding hydrogens is 531 g/mol. The van der Waals surface area contributed by atoms with Crippen molar-refractivity contribution in [3.63, 3.8) is 0 Å². The van der Waals surface area contributed by atoms with Gasteiger partial charge >= 0.3 is 0 Å². The summed E-state index contributed by atoms with van der Waals surface area (Å²) in [5, 5.41) is 9.74. The second-order valence-corrected chi connectivity index (χ2v) is 14.8. The van der Waals surface area contributed by atoms with Crippen molar-refractivity contribution in [1.82, 2.24) is 4.57 Å².